The van der Waals surface area contributed by atoms with Gasteiger partial charge in [-0.1, -0.05) is 18.2 Å². The van der Waals surface area contributed by atoms with E-state index in [1.54, 1.807) is 29.4 Å². The van der Waals surface area contributed by atoms with Crippen LogP contribution < -0.4 is 4.74 Å². The van der Waals surface area contributed by atoms with Crippen molar-refractivity contribution in [3.05, 3.63) is 47.1 Å². The smallest absolute Gasteiger partial charge is 0.128 e. The minimum absolute atomic E-state index is 0.285. The van der Waals surface area contributed by atoms with Crippen molar-refractivity contribution < 1.29 is 9.84 Å². The number of thiophene rings is 1. The summed E-state index contributed by atoms with van der Waals surface area (Å²) >= 11 is 3.38. The number of ether oxygens (including phenoxy) is 1. The molecule has 4 rings (SSSR count). The van der Waals surface area contributed by atoms with Gasteiger partial charge in [-0.25, -0.2) is 9.97 Å². The van der Waals surface area contributed by atoms with Crippen LogP contribution in [0.3, 0.4) is 0 Å². The van der Waals surface area contributed by atoms with E-state index in [-0.39, 0.29) is 6.61 Å². The third kappa shape index (κ3) is 3.27. The molecule has 0 fully saturated rings. The number of hydrogen-bond acceptors (Lipinski definition) is 6. The largest absolute Gasteiger partial charge is 0.491 e. The third-order valence-corrected chi connectivity index (χ3v) is 6.40. The Morgan fingerprint density at radius 3 is 2.96 bits per heavy atom. The van der Waals surface area contributed by atoms with Crippen LogP contribution in [0, 0.1) is 0 Å². The first-order valence-corrected chi connectivity index (χ1v) is 9.85. The highest BCUT2D eigenvalue weighted by Crippen LogP contribution is 2.40. The van der Waals surface area contributed by atoms with Gasteiger partial charge in [0.05, 0.1) is 6.10 Å². The summed E-state index contributed by atoms with van der Waals surface area (Å²) in [5.41, 5.74) is 1.42. The Hall–Kier alpha value is -1.63. The quantitative estimate of drug-likeness (QED) is 0.538. The molecule has 2 heterocycles. The number of aryl methyl sites for hydroxylation is 2. The van der Waals surface area contributed by atoms with Crippen molar-refractivity contribution in [1.82, 2.24) is 9.97 Å². The summed E-state index contributed by atoms with van der Waals surface area (Å²) in [5, 5.41) is 12.4. The number of aliphatic hydroxyl groups excluding tert-OH is 1. The Bertz CT molecular complexity index is 836. The van der Waals surface area contributed by atoms with Crippen molar-refractivity contribution in [2.75, 3.05) is 12.4 Å². The standard InChI is InChI=1S/C18H18N2O2S2/c21-12(9-22-13-5-2-1-3-6-13)10-23-17-16-14-7-4-8-15(14)24-18(16)20-11-19-17/h1-3,5-6,11-12,21H,4,7-10H2/t12-/m0/s1. The van der Waals surface area contributed by atoms with Crippen LogP contribution in [0.25, 0.3) is 10.2 Å². The van der Waals surface area contributed by atoms with Gasteiger partial charge in [0.15, 0.2) is 0 Å². The van der Waals surface area contributed by atoms with Crippen LogP contribution in [0.2, 0.25) is 0 Å². The fraction of sp³-hybridized carbons (Fsp3) is 0.333. The van der Waals surface area contributed by atoms with E-state index < -0.39 is 6.10 Å². The van der Waals surface area contributed by atoms with E-state index >= 15 is 0 Å². The lowest BCUT2D eigenvalue weighted by molar-refractivity contribution is 0.126. The summed E-state index contributed by atoms with van der Waals surface area (Å²) < 4.78 is 5.61. The number of hydrogen-bond donors (Lipinski definition) is 1. The van der Waals surface area contributed by atoms with Gasteiger partial charge >= 0.3 is 0 Å². The molecule has 1 atom stereocenters. The van der Waals surface area contributed by atoms with Gasteiger partial charge < -0.3 is 9.84 Å². The van der Waals surface area contributed by atoms with E-state index in [1.807, 2.05) is 30.3 Å². The van der Waals surface area contributed by atoms with Gasteiger partial charge in [0.25, 0.3) is 0 Å². The molecule has 1 N–H and O–H groups in total. The molecule has 0 saturated heterocycles. The summed E-state index contributed by atoms with van der Waals surface area (Å²) in [6.45, 7) is 0.285. The zero-order chi connectivity index (χ0) is 16.4. The molecule has 0 bridgehead atoms. The van der Waals surface area contributed by atoms with Gasteiger partial charge in [0.2, 0.25) is 0 Å². The van der Waals surface area contributed by atoms with E-state index in [9.17, 15) is 5.11 Å². The molecule has 1 aliphatic rings. The first kappa shape index (κ1) is 15.9. The van der Waals surface area contributed by atoms with Gasteiger partial charge in [-0.3, -0.25) is 0 Å². The average molecular weight is 358 g/mol. The maximum atomic E-state index is 10.2. The SMILES string of the molecule is O[C@@H](COc1ccccc1)CSc1ncnc2sc3c(c12)CCC3. The molecule has 4 nitrogen and oxygen atoms in total. The number of aliphatic hydroxyl groups is 1. The van der Waals surface area contributed by atoms with Crippen LogP contribution in [-0.4, -0.2) is 33.5 Å². The average Bonchev–Trinajstić information content (AvgIpc) is 3.20. The zero-order valence-electron chi connectivity index (χ0n) is 13.1. The Morgan fingerprint density at radius 2 is 2.08 bits per heavy atom. The second-order valence-corrected chi connectivity index (χ2v) is 7.90. The number of thioether (sulfide) groups is 1. The molecule has 0 amide bonds. The molecule has 0 saturated carbocycles. The van der Waals surface area contributed by atoms with Gasteiger partial charge in [-0.15, -0.1) is 23.1 Å². The fourth-order valence-electron chi connectivity index (χ4n) is 2.94. The van der Waals surface area contributed by atoms with Crippen LogP contribution in [-0.2, 0) is 12.8 Å². The van der Waals surface area contributed by atoms with Crippen LogP contribution in [0.1, 0.15) is 16.9 Å². The molecule has 24 heavy (non-hydrogen) atoms. The maximum absolute atomic E-state index is 10.2. The first-order chi connectivity index (χ1) is 11.8. The number of fused-ring (bicyclic) bond motifs is 3. The first-order valence-electron chi connectivity index (χ1n) is 8.05. The summed E-state index contributed by atoms with van der Waals surface area (Å²) in [6.07, 6.45) is 4.60. The lowest BCUT2D eigenvalue weighted by Crippen LogP contribution is -2.20. The molecular weight excluding hydrogens is 340 g/mol. The maximum Gasteiger partial charge on any atom is 0.128 e. The third-order valence-electron chi connectivity index (χ3n) is 4.06. The highest BCUT2D eigenvalue weighted by Gasteiger charge is 2.21. The number of benzene rings is 1. The van der Waals surface area contributed by atoms with Crippen molar-refractivity contribution in [1.29, 1.82) is 0 Å². The molecule has 124 valence electrons. The Labute approximate surface area is 148 Å². The molecule has 6 heteroatoms. The van der Waals surface area contributed by atoms with Crippen molar-refractivity contribution >= 4 is 33.3 Å². The predicted molar refractivity (Wildman–Crippen MR) is 98.1 cm³/mol. The highest BCUT2D eigenvalue weighted by molar-refractivity contribution is 7.99. The Kier molecular flexibility index (Phi) is 4.69. The highest BCUT2D eigenvalue weighted by atomic mass is 32.2. The number of nitrogens with zero attached hydrogens (tertiary/aromatic N) is 2. The lowest BCUT2D eigenvalue weighted by atomic mass is 10.2. The molecule has 0 spiro atoms. The molecular formula is C18H18N2O2S2. The topological polar surface area (TPSA) is 55.2 Å². The predicted octanol–water partition coefficient (Wildman–Crippen LogP) is 3.71. The van der Waals surface area contributed by atoms with Crippen molar-refractivity contribution in [3.8, 4) is 5.75 Å². The molecule has 0 radical (unpaired) electrons. The van der Waals surface area contributed by atoms with Crippen molar-refractivity contribution in [2.45, 2.75) is 30.4 Å². The number of para-hydroxylation sites is 1. The van der Waals surface area contributed by atoms with Crippen LogP contribution in [0.5, 0.6) is 5.75 Å². The fourth-order valence-corrected chi connectivity index (χ4v) is 5.17. The van der Waals surface area contributed by atoms with E-state index in [2.05, 4.69) is 9.97 Å². The number of aromatic nitrogens is 2. The van der Waals surface area contributed by atoms with E-state index in [0.29, 0.717) is 5.75 Å². The van der Waals surface area contributed by atoms with Gasteiger partial charge in [0, 0.05) is 16.0 Å². The lowest BCUT2D eigenvalue weighted by Gasteiger charge is -2.12. The van der Waals surface area contributed by atoms with Gasteiger partial charge in [0.1, 0.15) is 28.5 Å². The van der Waals surface area contributed by atoms with Gasteiger partial charge in [-0.2, -0.15) is 0 Å². The molecule has 3 aromatic rings. The second kappa shape index (κ2) is 7.09. The van der Waals surface area contributed by atoms with E-state index in [0.717, 1.165) is 28.4 Å². The molecule has 0 aliphatic heterocycles. The van der Waals surface area contributed by atoms with Crippen molar-refractivity contribution in [2.24, 2.45) is 0 Å². The normalized spacial score (nSPS) is 14.7. The Balaban J connectivity index is 1.41. The second-order valence-electron chi connectivity index (χ2n) is 5.81. The molecule has 0 unspecified atom stereocenters. The summed E-state index contributed by atoms with van der Waals surface area (Å²) in [5.74, 6) is 1.34. The summed E-state index contributed by atoms with van der Waals surface area (Å²) in [6, 6.07) is 9.57. The summed E-state index contributed by atoms with van der Waals surface area (Å²) in [7, 11) is 0. The summed E-state index contributed by atoms with van der Waals surface area (Å²) in [4.78, 5) is 11.4. The minimum Gasteiger partial charge on any atom is -0.491 e. The zero-order valence-corrected chi connectivity index (χ0v) is 14.8. The Morgan fingerprint density at radius 1 is 1.21 bits per heavy atom. The van der Waals surface area contributed by atoms with Crippen LogP contribution >= 0.6 is 23.1 Å². The molecule has 1 aromatic carbocycles. The van der Waals surface area contributed by atoms with Crippen LogP contribution in [0.4, 0.5) is 0 Å². The molecule has 1 aliphatic carbocycles. The molecule has 2 aromatic heterocycles. The van der Waals surface area contributed by atoms with Gasteiger partial charge in [-0.05, 0) is 37.0 Å². The number of rotatable bonds is 6. The monoisotopic (exact) mass is 358 g/mol. The van der Waals surface area contributed by atoms with Crippen LogP contribution in [0.15, 0.2) is 41.7 Å². The van der Waals surface area contributed by atoms with Crippen molar-refractivity contribution in [3.63, 3.8) is 0 Å². The minimum atomic E-state index is -0.535. The van der Waals surface area contributed by atoms with E-state index in [1.165, 1.54) is 22.2 Å². The van der Waals surface area contributed by atoms with E-state index in [4.69, 9.17) is 4.74 Å².